The minimum atomic E-state index is -0.309. The summed E-state index contributed by atoms with van der Waals surface area (Å²) in [6.45, 7) is 2.90. The van der Waals surface area contributed by atoms with Gasteiger partial charge in [0.2, 0.25) is 5.91 Å². The quantitative estimate of drug-likeness (QED) is 0.819. The number of carbonyl (C=O) groups is 2. The van der Waals surface area contributed by atoms with E-state index in [2.05, 4.69) is 4.98 Å². The summed E-state index contributed by atoms with van der Waals surface area (Å²) in [6.07, 6.45) is 4.72. The first-order valence-corrected chi connectivity index (χ1v) is 10.4. The van der Waals surface area contributed by atoms with E-state index in [9.17, 15) is 14.4 Å². The second kappa shape index (κ2) is 6.99. The summed E-state index contributed by atoms with van der Waals surface area (Å²) in [6, 6.07) is 0. The van der Waals surface area contributed by atoms with E-state index in [1.165, 1.54) is 0 Å². The lowest BCUT2D eigenvalue weighted by Gasteiger charge is -2.28. The van der Waals surface area contributed by atoms with Crippen molar-refractivity contribution >= 4 is 11.8 Å². The van der Waals surface area contributed by atoms with Crippen molar-refractivity contribution in [3.63, 3.8) is 0 Å². The first-order chi connectivity index (χ1) is 13.6. The Morgan fingerprint density at radius 3 is 2.68 bits per heavy atom. The molecule has 28 heavy (non-hydrogen) atoms. The van der Waals surface area contributed by atoms with E-state index in [1.807, 2.05) is 9.80 Å². The van der Waals surface area contributed by atoms with Crippen LogP contribution >= 0.6 is 0 Å². The molecule has 1 aromatic heterocycles. The summed E-state index contributed by atoms with van der Waals surface area (Å²) in [5, 5.41) is 0. The fraction of sp³-hybridized carbons (Fsp3) is 0.700. The van der Waals surface area contributed by atoms with Gasteiger partial charge in [0.15, 0.2) is 0 Å². The summed E-state index contributed by atoms with van der Waals surface area (Å²) < 4.78 is 5.52. The van der Waals surface area contributed by atoms with Crippen LogP contribution in [0.1, 0.15) is 55.1 Å². The van der Waals surface area contributed by atoms with Gasteiger partial charge in [0.25, 0.3) is 11.5 Å². The number of hydrogen-bond donors (Lipinski definition) is 1. The number of fused-ring (bicyclic) bond motifs is 1. The maximum absolute atomic E-state index is 12.6. The second-order valence-electron chi connectivity index (χ2n) is 8.43. The fourth-order valence-electron chi connectivity index (χ4n) is 4.59. The van der Waals surface area contributed by atoms with Crippen molar-refractivity contribution in [3.05, 3.63) is 27.4 Å². The first kappa shape index (κ1) is 17.8. The highest BCUT2D eigenvalue weighted by Crippen LogP contribution is 2.33. The van der Waals surface area contributed by atoms with Crippen LogP contribution in [0.2, 0.25) is 0 Å². The fourth-order valence-corrected chi connectivity index (χ4v) is 4.59. The van der Waals surface area contributed by atoms with Gasteiger partial charge in [-0.1, -0.05) is 0 Å². The van der Waals surface area contributed by atoms with Crippen LogP contribution in [0.25, 0.3) is 0 Å². The molecule has 5 rings (SSSR count). The van der Waals surface area contributed by atoms with Gasteiger partial charge < -0.3 is 19.5 Å². The van der Waals surface area contributed by atoms with Crippen molar-refractivity contribution in [1.82, 2.24) is 19.8 Å². The van der Waals surface area contributed by atoms with E-state index >= 15 is 0 Å². The van der Waals surface area contributed by atoms with E-state index in [1.54, 1.807) is 0 Å². The predicted octanol–water partition coefficient (Wildman–Crippen LogP) is 0.559. The largest absolute Gasteiger partial charge is 0.368 e. The lowest BCUT2D eigenvalue weighted by molar-refractivity contribution is -0.139. The van der Waals surface area contributed by atoms with Crippen LogP contribution in [-0.2, 0) is 27.3 Å². The van der Waals surface area contributed by atoms with Gasteiger partial charge in [-0.05, 0) is 38.5 Å². The smallest absolute Gasteiger partial charge is 0.254 e. The van der Waals surface area contributed by atoms with Gasteiger partial charge in [-0.25, -0.2) is 4.98 Å². The number of ether oxygens (including phenoxy) is 1. The number of nitrogens with one attached hydrogen (secondary N) is 1. The van der Waals surface area contributed by atoms with E-state index < -0.39 is 0 Å². The van der Waals surface area contributed by atoms with Crippen molar-refractivity contribution in [1.29, 1.82) is 0 Å². The van der Waals surface area contributed by atoms with Gasteiger partial charge in [-0.2, -0.15) is 0 Å². The molecule has 8 nitrogen and oxygen atoms in total. The van der Waals surface area contributed by atoms with Gasteiger partial charge in [-0.3, -0.25) is 14.4 Å². The lowest BCUT2D eigenvalue weighted by atomic mass is 10.0. The zero-order chi connectivity index (χ0) is 19.3. The van der Waals surface area contributed by atoms with Crippen LogP contribution < -0.4 is 5.56 Å². The maximum atomic E-state index is 12.6. The third kappa shape index (κ3) is 3.23. The van der Waals surface area contributed by atoms with E-state index in [-0.39, 0.29) is 35.3 Å². The number of likely N-dealkylation sites (tertiary alicyclic amines) is 1. The van der Waals surface area contributed by atoms with Gasteiger partial charge in [0.05, 0.1) is 12.2 Å². The molecule has 3 aliphatic heterocycles. The topological polar surface area (TPSA) is 95.6 Å². The lowest BCUT2D eigenvalue weighted by Crippen LogP contribution is -2.40. The van der Waals surface area contributed by atoms with E-state index in [0.29, 0.717) is 50.6 Å². The summed E-state index contributed by atoms with van der Waals surface area (Å²) in [7, 11) is 0. The maximum Gasteiger partial charge on any atom is 0.254 e. The van der Waals surface area contributed by atoms with Gasteiger partial charge in [0, 0.05) is 43.6 Å². The minimum Gasteiger partial charge on any atom is -0.368 e. The van der Waals surface area contributed by atoms with Crippen LogP contribution in [0.5, 0.6) is 0 Å². The Balaban J connectivity index is 1.32. The molecule has 2 saturated heterocycles. The van der Waals surface area contributed by atoms with Gasteiger partial charge >= 0.3 is 0 Å². The predicted molar refractivity (Wildman–Crippen MR) is 99.6 cm³/mol. The highest BCUT2D eigenvalue weighted by molar-refractivity contribution is 5.82. The normalized spacial score (nSPS) is 27.1. The van der Waals surface area contributed by atoms with Gasteiger partial charge in [-0.15, -0.1) is 0 Å². The molecule has 1 N–H and O–H groups in total. The molecular formula is C20H26N4O4. The minimum absolute atomic E-state index is 0.0258. The molecule has 8 heteroatoms. The molecule has 0 bridgehead atoms. The molecule has 0 aromatic carbocycles. The van der Waals surface area contributed by atoms with Crippen molar-refractivity contribution in [2.45, 2.75) is 57.1 Å². The summed E-state index contributed by atoms with van der Waals surface area (Å²) in [5.74, 6) is 1.10. The first-order valence-electron chi connectivity index (χ1n) is 10.4. The second-order valence-corrected chi connectivity index (χ2v) is 8.43. The molecule has 0 spiro atoms. The van der Waals surface area contributed by atoms with Crippen molar-refractivity contribution < 1.29 is 14.3 Å². The monoisotopic (exact) mass is 386 g/mol. The molecule has 1 aromatic rings. The van der Waals surface area contributed by atoms with Crippen LogP contribution in [-0.4, -0.2) is 63.9 Å². The average molecular weight is 386 g/mol. The molecule has 1 saturated carbocycles. The zero-order valence-corrected chi connectivity index (χ0v) is 16.0. The highest BCUT2D eigenvalue weighted by atomic mass is 16.5. The number of amides is 2. The van der Waals surface area contributed by atoms with Crippen molar-refractivity contribution in [3.8, 4) is 0 Å². The van der Waals surface area contributed by atoms with Crippen molar-refractivity contribution in [2.24, 2.45) is 5.92 Å². The Kier molecular flexibility index (Phi) is 4.45. The zero-order valence-electron chi connectivity index (χ0n) is 16.0. The average Bonchev–Trinajstić information content (AvgIpc) is 3.20. The molecule has 150 valence electrons. The Labute approximate surface area is 163 Å². The molecule has 3 fully saturated rings. The number of hydrogen-bond acceptors (Lipinski definition) is 5. The number of carbonyl (C=O) groups excluding carboxylic acids is 2. The molecule has 4 aliphatic rings. The van der Waals surface area contributed by atoms with Crippen LogP contribution in [0.4, 0.5) is 0 Å². The molecule has 4 heterocycles. The molecule has 1 aliphatic carbocycles. The SMILES string of the molecule is O=C(C1CC1)N1CCc2c(nc([C@@H]3CCN(C(=O)[C@H]4CCCO4)C3)[nH]c2=O)C1. The number of nitrogens with zero attached hydrogens (tertiary/aromatic N) is 3. The molecule has 2 atom stereocenters. The molecule has 2 amide bonds. The van der Waals surface area contributed by atoms with Crippen LogP contribution in [0.3, 0.4) is 0 Å². The van der Waals surface area contributed by atoms with Gasteiger partial charge in [0.1, 0.15) is 11.9 Å². The number of rotatable bonds is 3. The number of H-pyrrole nitrogens is 1. The summed E-state index contributed by atoms with van der Waals surface area (Å²) >= 11 is 0. The Hall–Kier alpha value is -2.22. The third-order valence-electron chi connectivity index (χ3n) is 6.42. The van der Waals surface area contributed by atoms with Crippen LogP contribution in [0, 0.1) is 5.92 Å². The standard InChI is InChI=1S/C20H26N4O4/c25-18-14-6-8-24(19(26)12-3-4-12)11-15(14)21-17(22-18)13-5-7-23(10-13)20(27)16-2-1-9-28-16/h12-13,16H,1-11H2,(H,21,22,25)/t13-,16-/m1/s1. The van der Waals surface area contributed by atoms with E-state index in [4.69, 9.17) is 9.72 Å². The molecular weight excluding hydrogens is 360 g/mol. The molecule has 0 radical (unpaired) electrons. The van der Waals surface area contributed by atoms with Crippen LogP contribution in [0.15, 0.2) is 4.79 Å². The number of aromatic nitrogens is 2. The Morgan fingerprint density at radius 2 is 1.93 bits per heavy atom. The molecule has 0 unspecified atom stereocenters. The number of aromatic amines is 1. The van der Waals surface area contributed by atoms with Crippen molar-refractivity contribution in [2.75, 3.05) is 26.2 Å². The Bertz CT molecular complexity index is 856. The van der Waals surface area contributed by atoms with E-state index in [0.717, 1.165) is 37.8 Å². The summed E-state index contributed by atoms with van der Waals surface area (Å²) in [5.41, 5.74) is 1.33. The highest BCUT2D eigenvalue weighted by Gasteiger charge is 2.37. The Morgan fingerprint density at radius 1 is 1.07 bits per heavy atom. The summed E-state index contributed by atoms with van der Waals surface area (Å²) in [4.78, 5) is 48.9. The third-order valence-corrected chi connectivity index (χ3v) is 6.42.